The van der Waals surface area contributed by atoms with Crippen molar-refractivity contribution in [3.63, 3.8) is 0 Å². The molecule has 146 valence electrons. The van der Waals surface area contributed by atoms with Gasteiger partial charge in [0.2, 0.25) is 0 Å². The van der Waals surface area contributed by atoms with Crippen LogP contribution in [-0.4, -0.2) is 30.0 Å². The summed E-state index contributed by atoms with van der Waals surface area (Å²) in [6.07, 6.45) is 1.40. The smallest absolute Gasteiger partial charge is 0.331 e. The number of non-ortho nitro benzene ring substituents is 1. The van der Waals surface area contributed by atoms with Crippen molar-refractivity contribution in [3.8, 4) is 5.75 Å². The molecule has 0 aliphatic carbocycles. The van der Waals surface area contributed by atoms with Crippen molar-refractivity contribution in [3.05, 3.63) is 70.0 Å². The van der Waals surface area contributed by atoms with Crippen molar-refractivity contribution in [1.82, 2.24) is 0 Å². The zero-order valence-electron chi connectivity index (χ0n) is 15.0. The van der Waals surface area contributed by atoms with Crippen molar-refractivity contribution < 1.29 is 28.4 Å². The van der Waals surface area contributed by atoms with E-state index in [0.717, 1.165) is 12.1 Å². The minimum Gasteiger partial charge on any atom is -0.494 e. The Labute approximate surface area is 159 Å². The Morgan fingerprint density at radius 2 is 1.89 bits per heavy atom. The summed E-state index contributed by atoms with van der Waals surface area (Å²) >= 11 is 0. The monoisotopic (exact) mass is 388 g/mol. The molecule has 2 rings (SSSR count). The number of rotatable bonds is 7. The zero-order valence-corrected chi connectivity index (χ0v) is 15.0. The van der Waals surface area contributed by atoms with Gasteiger partial charge in [0.05, 0.1) is 23.8 Å². The molecule has 0 aliphatic heterocycles. The highest BCUT2D eigenvalue weighted by Gasteiger charge is 2.19. The lowest BCUT2D eigenvalue weighted by Gasteiger charge is -2.14. The van der Waals surface area contributed by atoms with E-state index >= 15 is 0 Å². The highest BCUT2D eigenvalue weighted by molar-refractivity contribution is 5.97. The van der Waals surface area contributed by atoms with Gasteiger partial charge in [-0.05, 0) is 36.8 Å². The Hall–Kier alpha value is -3.75. The first kappa shape index (κ1) is 20.6. The molecule has 8 nitrogen and oxygen atoms in total. The van der Waals surface area contributed by atoms with Crippen molar-refractivity contribution >= 4 is 29.3 Å². The van der Waals surface area contributed by atoms with Gasteiger partial charge in [-0.25, -0.2) is 9.18 Å². The maximum absolute atomic E-state index is 12.8. The number of halogens is 1. The predicted molar refractivity (Wildman–Crippen MR) is 99.3 cm³/mol. The summed E-state index contributed by atoms with van der Waals surface area (Å²) in [6, 6.07) is 9.15. The molecule has 28 heavy (non-hydrogen) atoms. The second kappa shape index (κ2) is 9.26. The number of hydrogen-bond donors (Lipinski definition) is 1. The number of nitro groups is 1. The standard InChI is InChI=1S/C19H17FN2O6/c1-12(28-18(23)10-5-13-3-6-14(20)7-4-13)19(24)21-16-9-8-15(22(25)26)11-17(16)27-2/h3-12H,1-2H3,(H,21,24)/b10-5+/t12-/m1/s1. The topological polar surface area (TPSA) is 108 Å². The van der Waals surface area contributed by atoms with E-state index in [9.17, 15) is 24.1 Å². The lowest BCUT2D eigenvalue weighted by Crippen LogP contribution is -2.29. The van der Waals surface area contributed by atoms with Gasteiger partial charge in [-0.15, -0.1) is 0 Å². The molecule has 1 amide bonds. The predicted octanol–water partition coefficient (Wildman–Crippen LogP) is 3.33. The number of amides is 1. The average Bonchev–Trinajstić information content (AvgIpc) is 2.67. The van der Waals surface area contributed by atoms with Crippen LogP contribution in [0.1, 0.15) is 12.5 Å². The summed E-state index contributed by atoms with van der Waals surface area (Å²) in [6.45, 7) is 1.37. The van der Waals surface area contributed by atoms with Gasteiger partial charge < -0.3 is 14.8 Å². The molecule has 0 aromatic heterocycles. The molecular formula is C19H17FN2O6. The van der Waals surface area contributed by atoms with Gasteiger partial charge in [0.15, 0.2) is 6.10 Å². The van der Waals surface area contributed by atoms with E-state index < -0.39 is 28.7 Å². The highest BCUT2D eigenvalue weighted by Crippen LogP contribution is 2.29. The van der Waals surface area contributed by atoms with E-state index in [-0.39, 0.29) is 17.1 Å². The van der Waals surface area contributed by atoms with Crippen LogP contribution in [0, 0.1) is 15.9 Å². The van der Waals surface area contributed by atoms with Crippen molar-refractivity contribution in [2.75, 3.05) is 12.4 Å². The van der Waals surface area contributed by atoms with Crippen LogP contribution in [0.5, 0.6) is 5.75 Å². The fourth-order valence-corrected chi connectivity index (χ4v) is 2.14. The molecule has 0 fully saturated rings. The van der Waals surface area contributed by atoms with Crippen LogP contribution in [0.4, 0.5) is 15.8 Å². The number of nitrogens with zero attached hydrogens (tertiary/aromatic N) is 1. The van der Waals surface area contributed by atoms with E-state index in [1.165, 1.54) is 56.5 Å². The fourth-order valence-electron chi connectivity index (χ4n) is 2.14. The number of anilines is 1. The van der Waals surface area contributed by atoms with Gasteiger partial charge in [0, 0.05) is 12.1 Å². The molecule has 0 saturated carbocycles. The lowest BCUT2D eigenvalue weighted by molar-refractivity contribution is -0.384. The van der Waals surface area contributed by atoms with Crippen LogP contribution in [0.3, 0.4) is 0 Å². The minimum absolute atomic E-state index is 0.0947. The first-order chi connectivity index (χ1) is 13.3. The molecule has 0 heterocycles. The molecule has 2 aromatic rings. The van der Waals surface area contributed by atoms with E-state index in [0.29, 0.717) is 5.56 Å². The summed E-state index contributed by atoms with van der Waals surface area (Å²) in [5.41, 5.74) is 0.592. The number of nitro benzene ring substituents is 1. The molecule has 0 spiro atoms. The molecule has 1 atom stereocenters. The van der Waals surface area contributed by atoms with Crippen molar-refractivity contribution in [2.24, 2.45) is 0 Å². The first-order valence-corrected chi connectivity index (χ1v) is 8.07. The van der Waals surface area contributed by atoms with E-state index in [2.05, 4.69) is 5.32 Å². The Morgan fingerprint density at radius 1 is 1.21 bits per heavy atom. The number of carbonyl (C=O) groups excluding carboxylic acids is 2. The van der Waals surface area contributed by atoms with Gasteiger partial charge in [0.25, 0.3) is 11.6 Å². The number of methoxy groups -OCH3 is 1. The molecule has 0 bridgehead atoms. The number of ether oxygens (including phenoxy) is 2. The van der Waals surface area contributed by atoms with E-state index in [4.69, 9.17) is 9.47 Å². The molecule has 0 unspecified atom stereocenters. The highest BCUT2D eigenvalue weighted by atomic mass is 19.1. The SMILES string of the molecule is COc1cc([N+](=O)[O-])ccc1NC(=O)[C@@H](C)OC(=O)/C=C/c1ccc(F)cc1. The van der Waals surface area contributed by atoms with E-state index in [1.54, 1.807) is 0 Å². The molecule has 0 radical (unpaired) electrons. The number of benzene rings is 2. The van der Waals surface area contributed by atoms with E-state index in [1.807, 2.05) is 0 Å². The van der Waals surface area contributed by atoms with Crippen LogP contribution in [-0.2, 0) is 14.3 Å². The second-order valence-corrected chi connectivity index (χ2v) is 5.59. The number of nitrogens with one attached hydrogen (secondary N) is 1. The summed E-state index contributed by atoms with van der Waals surface area (Å²) < 4.78 is 22.9. The second-order valence-electron chi connectivity index (χ2n) is 5.59. The molecule has 2 aromatic carbocycles. The maximum atomic E-state index is 12.8. The largest absolute Gasteiger partial charge is 0.494 e. The Balaban J connectivity index is 1.97. The molecule has 0 aliphatic rings. The molecule has 9 heteroatoms. The van der Waals surface area contributed by atoms with Gasteiger partial charge >= 0.3 is 5.97 Å². The van der Waals surface area contributed by atoms with Crippen molar-refractivity contribution in [2.45, 2.75) is 13.0 Å². The maximum Gasteiger partial charge on any atom is 0.331 e. The summed E-state index contributed by atoms with van der Waals surface area (Å²) in [5.74, 6) is -1.71. The fraction of sp³-hybridized carbons (Fsp3) is 0.158. The van der Waals surface area contributed by atoms with Crippen LogP contribution in [0.15, 0.2) is 48.5 Å². The van der Waals surface area contributed by atoms with Crippen LogP contribution < -0.4 is 10.1 Å². The third-order valence-electron chi connectivity index (χ3n) is 3.60. The number of hydrogen-bond acceptors (Lipinski definition) is 6. The van der Waals surface area contributed by atoms with Crippen LogP contribution in [0.2, 0.25) is 0 Å². The van der Waals surface area contributed by atoms with Crippen molar-refractivity contribution in [1.29, 1.82) is 0 Å². The van der Waals surface area contributed by atoms with Crippen LogP contribution in [0.25, 0.3) is 6.08 Å². The van der Waals surface area contributed by atoms with Gasteiger partial charge in [-0.1, -0.05) is 12.1 Å². The first-order valence-electron chi connectivity index (χ1n) is 8.07. The average molecular weight is 388 g/mol. The van der Waals surface area contributed by atoms with Gasteiger partial charge in [-0.2, -0.15) is 0 Å². The zero-order chi connectivity index (χ0) is 20.7. The Bertz CT molecular complexity index is 911. The summed E-state index contributed by atoms with van der Waals surface area (Å²) in [5, 5.41) is 13.3. The Kier molecular flexibility index (Phi) is 6.80. The lowest BCUT2D eigenvalue weighted by atomic mass is 10.2. The molecule has 0 saturated heterocycles. The minimum atomic E-state index is -1.13. The third kappa shape index (κ3) is 5.63. The summed E-state index contributed by atoms with van der Waals surface area (Å²) in [7, 11) is 1.30. The quantitative estimate of drug-likeness (QED) is 0.337. The van der Waals surface area contributed by atoms with Gasteiger partial charge in [0.1, 0.15) is 11.6 Å². The normalized spacial score (nSPS) is 11.7. The Morgan fingerprint density at radius 3 is 2.50 bits per heavy atom. The van der Waals surface area contributed by atoms with Crippen LogP contribution >= 0.6 is 0 Å². The third-order valence-corrected chi connectivity index (χ3v) is 3.60. The molecular weight excluding hydrogens is 371 g/mol. The summed E-state index contributed by atoms with van der Waals surface area (Å²) in [4.78, 5) is 34.2. The number of esters is 1. The number of carbonyl (C=O) groups is 2. The van der Waals surface area contributed by atoms with Gasteiger partial charge in [-0.3, -0.25) is 14.9 Å². The molecule has 1 N–H and O–H groups in total.